The molecule has 10 heavy (non-hydrogen) atoms. The van der Waals surface area contributed by atoms with Crippen molar-refractivity contribution in [3.63, 3.8) is 0 Å². The number of hydrogen-bond donors (Lipinski definition) is 1. The summed E-state index contributed by atoms with van der Waals surface area (Å²) in [6.07, 6.45) is 3.60. The fourth-order valence-electron chi connectivity index (χ4n) is 0.705. The molecule has 0 aliphatic rings. The predicted octanol–water partition coefficient (Wildman–Crippen LogP) is 0.798. The van der Waals surface area contributed by atoms with Gasteiger partial charge in [-0.25, -0.2) is 0 Å². The molecule has 3 heteroatoms. The summed E-state index contributed by atoms with van der Waals surface area (Å²) in [5.74, 6) is 0. The molecule has 1 aromatic heterocycles. The molecule has 0 radical (unpaired) electrons. The molecular weight excluding hydrogens is 296 g/mol. The van der Waals surface area contributed by atoms with E-state index in [1.807, 2.05) is 19.2 Å². The van der Waals surface area contributed by atoms with Crippen LogP contribution in [-0.2, 0) is 27.6 Å². The van der Waals surface area contributed by atoms with Crippen LogP contribution in [0.4, 0.5) is 0 Å². The molecule has 0 aliphatic heterocycles. The Morgan fingerprint density at radius 2 is 2.00 bits per heavy atom. The van der Waals surface area contributed by atoms with Crippen molar-refractivity contribution in [2.75, 3.05) is 7.05 Å². The monoisotopic (exact) mass is 306 g/mol. The zero-order valence-corrected chi connectivity index (χ0v) is 8.81. The maximum atomic E-state index is 3.90. The van der Waals surface area contributed by atoms with E-state index in [1.165, 1.54) is 5.56 Å². The quantitative estimate of drug-likeness (QED) is 0.874. The zero-order chi connectivity index (χ0) is 6.53. The first kappa shape index (κ1) is 9.80. The van der Waals surface area contributed by atoms with Crippen LogP contribution in [0.1, 0.15) is 5.56 Å². The number of hydrogen-bond acceptors (Lipinski definition) is 2. The van der Waals surface area contributed by atoms with Crippen molar-refractivity contribution in [1.82, 2.24) is 10.3 Å². The molecule has 1 N–H and O–H groups in total. The number of nitrogens with one attached hydrogen (secondary N) is 1. The van der Waals surface area contributed by atoms with Gasteiger partial charge in [0.1, 0.15) is 0 Å². The van der Waals surface area contributed by atoms with E-state index in [4.69, 9.17) is 0 Å². The molecular formula is C7H10N2W. The molecule has 0 aliphatic carbocycles. The molecule has 0 fully saturated rings. The maximum absolute atomic E-state index is 3.90. The van der Waals surface area contributed by atoms with Crippen molar-refractivity contribution in [2.24, 2.45) is 0 Å². The van der Waals surface area contributed by atoms with Crippen LogP contribution in [-0.4, -0.2) is 12.0 Å². The normalized spacial score (nSPS) is 8.50. The van der Waals surface area contributed by atoms with Crippen LogP contribution >= 0.6 is 0 Å². The van der Waals surface area contributed by atoms with Crippen LogP contribution in [0.5, 0.6) is 0 Å². The fraction of sp³-hybridized carbons (Fsp3) is 0.286. The molecule has 0 amide bonds. The van der Waals surface area contributed by atoms with Crippen LogP contribution in [0.25, 0.3) is 0 Å². The van der Waals surface area contributed by atoms with E-state index in [0.29, 0.717) is 0 Å². The SMILES string of the molecule is CNCc1ccncc1.[W]. The van der Waals surface area contributed by atoms with Crippen molar-refractivity contribution in [3.05, 3.63) is 30.1 Å². The molecule has 0 unspecified atom stereocenters. The van der Waals surface area contributed by atoms with Crippen molar-refractivity contribution in [1.29, 1.82) is 0 Å². The van der Waals surface area contributed by atoms with E-state index in [0.717, 1.165) is 6.54 Å². The number of aromatic nitrogens is 1. The number of pyridine rings is 1. The molecule has 0 saturated heterocycles. The van der Waals surface area contributed by atoms with Gasteiger partial charge in [-0.3, -0.25) is 4.98 Å². The maximum Gasteiger partial charge on any atom is 0.0271 e. The van der Waals surface area contributed by atoms with E-state index in [1.54, 1.807) is 12.4 Å². The minimum atomic E-state index is 0. The number of rotatable bonds is 2. The van der Waals surface area contributed by atoms with E-state index >= 15 is 0 Å². The molecule has 0 spiro atoms. The molecule has 1 aromatic rings. The van der Waals surface area contributed by atoms with Crippen molar-refractivity contribution in [3.8, 4) is 0 Å². The second-order valence-electron chi connectivity index (χ2n) is 1.89. The third-order valence-corrected chi connectivity index (χ3v) is 1.13. The third-order valence-electron chi connectivity index (χ3n) is 1.13. The summed E-state index contributed by atoms with van der Waals surface area (Å²) >= 11 is 0. The van der Waals surface area contributed by atoms with Crippen LogP contribution in [0, 0.1) is 0 Å². The largest absolute Gasteiger partial charge is 0.316 e. The Morgan fingerprint density at radius 1 is 1.40 bits per heavy atom. The molecule has 0 atom stereocenters. The van der Waals surface area contributed by atoms with Crippen LogP contribution in [0.2, 0.25) is 0 Å². The second kappa shape index (κ2) is 5.57. The molecule has 0 bridgehead atoms. The van der Waals surface area contributed by atoms with E-state index < -0.39 is 0 Å². The molecule has 0 aromatic carbocycles. The van der Waals surface area contributed by atoms with Gasteiger partial charge >= 0.3 is 0 Å². The van der Waals surface area contributed by atoms with Gasteiger partial charge in [-0.2, -0.15) is 0 Å². The van der Waals surface area contributed by atoms with E-state index in [-0.39, 0.29) is 21.1 Å². The van der Waals surface area contributed by atoms with Crippen molar-refractivity contribution in [2.45, 2.75) is 6.54 Å². The molecule has 54 valence electrons. The first-order valence-corrected chi connectivity index (χ1v) is 2.97. The summed E-state index contributed by atoms with van der Waals surface area (Å²) < 4.78 is 0. The Balaban J connectivity index is 0.000000810. The standard InChI is InChI=1S/C7H10N2.W/c1-8-6-7-2-4-9-5-3-7;/h2-5,8H,6H2,1H3;. The van der Waals surface area contributed by atoms with Crippen LogP contribution in [0.15, 0.2) is 24.5 Å². The smallest absolute Gasteiger partial charge is 0.0271 e. The Morgan fingerprint density at radius 3 is 2.50 bits per heavy atom. The summed E-state index contributed by atoms with van der Waals surface area (Å²) in [7, 11) is 1.93. The molecule has 0 saturated carbocycles. The van der Waals surface area contributed by atoms with Gasteiger partial charge in [0.25, 0.3) is 0 Å². The second-order valence-corrected chi connectivity index (χ2v) is 1.89. The van der Waals surface area contributed by atoms with Gasteiger partial charge in [-0.15, -0.1) is 0 Å². The minimum Gasteiger partial charge on any atom is -0.316 e. The number of nitrogens with zero attached hydrogens (tertiary/aromatic N) is 1. The topological polar surface area (TPSA) is 24.9 Å². The van der Waals surface area contributed by atoms with Gasteiger partial charge in [0.05, 0.1) is 0 Å². The summed E-state index contributed by atoms with van der Waals surface area (Å²) in [4.78, 5) is 3.90. The minimum absolute atomic E-state index is 0. The van der Waals surface area contributed by atoms with Crippen LogP contribution in [0.3, 0.4) is 0 Å². The van der Waals surface area contributed by atoms with E-state index in [9.17, 15) is 0 Å². The zero-order valence-electron chi connectivity index (χ0n) is 5.87. The Bertz CT molecular complexity index is 165. The fourth-order valence-corrected chi connectivity index (χ4v) is 0.705. The molecule has 1 rings (SSSR count). The van der Waals surface area contributed by atoms with Gasteiger partial charge in [0.15, 0.2) is 0 Å². The summed E-state index contributed by atoms with van der Waals surface area (Å²) in [6.45, 7) is 0.919. The molecule has 2 nitrogen and oxygen atoms in total. The van der Waals surface area contributed by atoms with Gasteiger partial charge in [0.2, 0.25) is 0 Å². The predicted molar refractivity (Wildman–Crippen MR) is 37.0 cm³/mol. The van der Waals surface area contributed by atoms with Crippen molar-refractivity contribution >= 4 is 0 Å². The molecule has 1 heterocycles. The first-order valence-electron chi connectivity index (χ1n) is 2.97. The van der Waals surface area contributed by atoms with Gasteiger partial charge in [0, 0.05) is 40.0 Å². The van der Waals surface area contributed by atoms with Crippen LogP contribution < -0.4 is 5.32 Å². The first-order chi connectivity index (χ1) is 4.43. The Labute approximate surface area is 75.3 Å². The average molecular weight is 306 g/mol. The van der Waals surface area contributed by atoms with Crippen molar-refractivity contribution < 1.29 is 21.1 Å². The van der Waals surface area contributed by atoms with E-state index in [2.05, 4.69) is 10.3 Å². The summed E-state index contributed by atoms with van der Waals surface area (Å²) in [5, 5.41) is 3.06. The third kappa shape index (κ3) is 3.09. The summed E-state index contributed by atoms with van der Waals surface area (Å²) in [5.41, 5.74) is 1.27. The summed E-state index contributed by atoms with van der Waals surface area (Å²) in [6, 6.07) is 3.99. The van der Waals surface area contributed by atoms with Gasteiger partial charge < -0.3 is 5.32 Å². The van der Waals surface area contributed by atoms with Gasteiger partial charge in [-0.05, 0) is 24.7 Å². The Hall–Kier alpha value is -0.202. The van der Waals surface area contributed by atoms with Gasteiger partial charge in [-0.1, -0.05) is 0 Å². The average Bonchev–Trinajstić information content (AvgIpc) is 1.91. The Kier molecular flexibility index (Phi) is 5.46.